The van der Waals surface area contributed by atoms with Gasteiger partial charge >= 0.3 is 0 Å². The van der Waals surface area contributed by atoms with E-state index in [2.05, 4.69) is 138 Å². The van der Waals surface area contributed by atoms with Crippen molar-refractivity contribution in [2.45, 2.75) is 0 Å². The normalized spacial score (nSPS) is 12.0. The minimum Gasteiger partial charge on any atom is -0.456 e. The molecule has 0 fully saturated rings. The Bertz CT molecular complexity index is 2410. The summed E-state index contributed by atoms with van der Waals surface area (Å²) in [6.45, 7) is 0. The molecule has 0 atom stereocenters. The molecule has 2 heteroatoms. The zero-order valence-electron chi connectivity index (χ0n) is 21.6. The van der Waals surface area contributed by atoms with E-state index in [0.29, 0.717) is 0 Å². The molecule has 9 rings (SSSR count). The van der Waals surface area contributed by atoms with Gasteiger partial charge < -0.3 is 8.82 Å². The molecule has 0 spiro atoms. The van der Waals surface area contributed by atoms with Gasteiger partial charge in [0, 0.05) is 32.5 Å². The molecule has 0 unspecified atom stereocenters. The predicted molar refractivity (Wildman–Crippen MR) is 168 cm³/mol. The quantitative estimate of drug-likeness (QED) is 0.212. The molecular formula is C38H23NO. The second kappa shape index (κ2) is 8.08. The average molecular weight is 510 g/mol. The highest BCUT2D eigenvalue weighted by molar-refractivity contribution is 6.27. The fourth-order valence-corrected chi connectivity index (χ4v) is 6.59. The van der Waals surface area contributed by atoms with Crippen LogP contribution in [-0.4, -0.2) is 4.40 Å². The van der Waals surface area contributed by atoms with Crippen molar-refractivity contribution >= 4 is 59.9 Å². The van der Waals surface area contributed by atoms with E-state index in [1.165, 1.54) is 60.3 Å². The van der Waals surface area contributed by atoms with Gasteiger partial charge in [-0.05, 0) is 46.2 Å². The molecule has 6 aromatic carbocycles. The summed E-state index contributed by atoms with van der Waals surface area (Å²) in [5.41, 5.74) is 9.06. The van der Waals surface area contributed by atoms with Crippen molar-refractivity contribution in [1.29, 1.82) is 0 Å². The zero-order chi connectivity index (χ0) is 26.2. The van der Waals surface area contributed by atoms with Gasteiger partial charge in [0.15, 0.2) is 0 Å². The Hall–Kier alpha value is -5.34. The van der Waals surface area contributed by atoms with Crippen molar-refractivity contribution in [3.63, 3.8) is 0 Å². The molecule has 0 amide bonds. The molecule has 0 saturated heterocycles. The second-order valence-electron chi connectivity index (χ2n) is 10.5. The van der Waals surface area contributed by atoms with Crippen molar-refractivity contribution in [3.05, 3.63) is 140 Å². The van der Waals surface area contributed by atoms with Gasteiger partial charge in [-0.1, -0.05) is 115 Å². The highest BCUT2D eigenvalue weighted by Gasteiger charge is 2.21. The van der Waals surface area contributed by atoms with E-state index < -0.39 is 0 Å². The van der Waals surface area contributed by atoms with Gasteiger partial charge in [0.25, 0.3) is 0 Å². The lowest BCUT2D eigenvalue weighted by Gasteiger charge is -2.15. The Morgan fingerprint density at radius 3 is 1.98 bits per heavy atom. The number of fused-ring (bicyclic) bond motifs is 11. The topological polar surface area (TPSA) is 17.6 Å². The number of para-hydroxylation sites is 1. The number of benzene rings is 6. The summed E-state index contributed by atoms with van der Waals surface area (Å²) in [5, 5.41) is 8.46. The molecule has 2 nitrogen and oxygen atoms in total. The first-order valence-electron chi connectivity index (χ1n) is 13.7. The third-order valence-corrected chi connectivity index (χ3v) is 8.34. The fraction of sp³-hybridized carbons (Fsp3) is 0. The number of furan rings is 1. The van der Waals surface area contributed by atoms with Gasteiger partial charge in [0.05, 0.1) is 16.7 Å². The molecule has 3 aromatic heterocycles. The summed E-state index contributed by atoms with van der Waals surface area (Å²) < 4.78 is 8.89. The summed E-state index contributed by atoms with van der Waals surface area (Å²) in [4.78, 5) is 0. The van der Waals surface area contributed by atoms with Crippen LogP contribution in [0, 0.1) is 0 Å². The summed E-state index contributed by atoms with van der Waals surface area (Å²) in [5.74, 6) is 0. The van der Waals surface area contributed by atoms with Crippen molar-refractivity contribution in [2.24, 2.45) is 0 Å². The first-order valence-corrected chi connectivity index (χ1v) is 13.7. The van der Waals surface area contributed by atoms with Gasteiger partial charge in [-0.15, -0.1) is 0 Å². The van der Waals surface area contributed by atoms with E-state index in [0.717, 1.165) is 21.9 Å². The Morgan fingerprint density at radius 1 is 0.450 bits per heavy atom. The van der Waals surface area contributed by atoms with Gasteiger partial charge in [0.1, 0.15) is 11.2 Å². The van der Waals surface area contributed by atoms with Crippen LogP contribution in [0.15, 0.2) is 144 Å². The maximum atomic E-state index is 6.41. The average Bonchev–Trinajstić information content (AvgIpc) is 3.60. The molecule has 0 aliphatic rings. The minimum atomic E-state index is 0.916. The lowest BCUT2D eigenvalue weighted by molar-refractivity contribution is 0.669. The molecule has 9 aromatic rings. The Morgan fingerprint density at radius 2 is 1.15 bits per heavy atom. The number of hydrogen-bond acceptors (Lipinski definition) is 1. The molecule has 40 heavy (non-hydrogen) atoms. The van der Waals surface area contributed by atoms with Gasteiger partial charge in [-0.3, -0.25) is 0 Å². The Kier molecular flexibility index (Phi) is 4.36. The van der Waals surface area contributed by atoms with Crippen LogP contribution >= 0.6 is 0 Å². The van der Waals surface area contributed by atoms with Crippen LogP contribution in [-0.2, 0) is 0 Å². The monoisotopic (exact) mass is 509 g/mol. The molecule has 0 aliphatic heterocycles. The maximum Gasteiger partial charge on any atom is 0.136 e. The highest BCUT2D eigenvalue weighted by atomic mass is 16.3. The molecule has 186 valence electrons. The van der Waals surface area contributed by atoms with Crippen LogP contribution in [0.2, 0.25) is 0 Å². The van der Waals surface area contributed by atoms with Gasteiger partial charge in [-0.2, -0.15) is 0 Å². The van der Waals surface area contributed by atoms with Crippen LogP contribution in [0.3, 0.4) is 0 Å². The Balaban J connectivity index is 1.60. The molecular weight excluding hydrogens is 486 g/mol. The first-order chi connectivity index (χ1) is 19.8. The smallest absolute Gasteiger partial charge is 0.136 e. The molecule has 3 heterocycles. The van der Waals surface area contributed by atoms with Crippen molar-refractivity contribution in [1.82, 2.24) is 4.40 Å². The van der Waals surface area contributed by atoms with Crippen molar-refractivity contribution in [2.75, 3.05) is 0 Å². The number of nitrogens with zero attached hydrogens (tertiary/aromatic N) is 1. The van der Waals surface area contributed by atoms with Gasteiger partial charge in [0.2, 0.25) is 0 Å². The number of rotatable bonds is 2. The van der Waals surface area contributed by atoms with E-state index in [9.17, 15) is 0 Å². The van der Waals surface area contributed by atoms with Crippen molar-refractivity contribution in [3.8, 4) is 22.4 Å². The number of aromatic nitrogens is 1. The summed E-state index contributed by atoms with van der Waals surface area (Å²) in [6, 6.07) is 50.1. The van der Waals surface area contributed by atoms with Crippen LogP contribution in [0.25, 0.3) is 82.3 Å². The highest BCUT2D eigenvalue weighted by Crippen LogP contribution is 2.44. The minimum absolute atomic E-state index is 0.916. The maximum absolute atomic E-state index is 6.41. The van der Waals surface area contributed by atoms with Crippen LogP contribution < -0.4 is 0 Å². The summed E-state index contributed by atoms with van der Waals surface area (Å²) in [7, 11) is 0. The fourth-order valence-electron chi connectivity index (χ4n) is 6.59. The SMILES string of the molecule is c1ccc(-c2cc(-c3ccccc3)n3c4cc5c(cc4c4c6ccccc6ccc4c23)oc2ccccc25)cc1. The number of hydrogen-bond donors (Lipinski definition) is 0. The molecule has 0 radical (unpaired) electrons. The van der Waals surface area contributed by atoms with Gasteiger partial charge in [-0.25, -0.2) is 0 Å². The largest absolute Gasteiger partial charge is 0.456 e. The molecule has 0 saturated carbocycles. The van der Waals surface area contributed by atoms with E-state index >= 15 is 0 Å². The lowest BCUT2D eigenvalue weighted by atomic mass is 9.95. The van der Waals surface area contributed by atoms with E-state index in [-0.39, 0.29) is 0 Å². The lowest BCUT2D eigenvalue weighted by Crippen LogP contribution is -1.95. The predicted octanol–water partition coefficient (Wildman–Crippen LogP) is 10.6. The third kappa shape index (κ3) is 2.93. The standard InChI is InChI=1S/C38H23NO/c1-3-11-24(12-4-1)30-21-33(26-14-5-2-6-15-26)39-34-22-31-28-17-9-10-18-35(28)40-36(31)23-32(34)37-27-16-8-7-13-25(27)19-20-29(37)38(30)39/h1-23H. The zero-order valence-corrected chi connectivity index (χ0v) is 21.6. The third-order valence-electron chi connectivity index (χ3n) is 8.34. The molecule has 0 N–H and O–H groups in total. The second-order valence-corrected chi connectivity index (χ2v) is 10.5. The van der Waals surface area contributed by atoms with E-state index in [1.807, 2.05) is 6.07 Å². The molecule has 0 bridgehead atoms. The summed E-state index contributed by atoms with van der Waals surface area (Å²) in [6.07, 6.45) is 0. The summed E-state index contributed by atoms with van der Waals surface area (Å²) >= 11 is 0. The first kappa shape index (κ1) is 21.6. The van der Waals surface area contributed by atoms with E-state index in [4.69, 9.17) is 4.42 Å². The van der Waals surface area contributed by atoms with Crippen LogP contribution in [0.5, 0.6) is 0 Å². The van der Waals surface area contributed by atoms with Crippen LogP contribution in [0.4, 0.5) is 0 Å². The van der Waals surface area contributed by atoms with Crippen molar-refractivity contribution < 1.29 is 4.42 Å². The Labute approximate surface area is 230 Å². The van der Waals surface area contributed by atoms with E-state index in [1.54, 1.807) is 0 Å². The molecule has 0 aliphatic carbocycles. The number of pyridine rings is 1. The van der Waals surface area contributed by atoms with Crippen LogP contribution in [0.1, 0.15) is 0 Å².